The van der Waals surface area contributed by atoms with Crippen LogP contribution in [-0.2, 0) is 20.7 Å². The van der Waals surface area contributed by atoms with Crippen LogP contribution in [0.3, 0.4) is 0 Å². The van der Waals surface area contributed by atoms with Crippen LogP contribution >= 0.6 is 0 Å². The Hall–Kier alpha value is -1.88. The largest absolute Gasteiger partial charge is 0.469 e. The zero-order valence-corrected chi connectivity index (χ0v) is 12.5. The zero-order chi connectivity index (χ0) is 14.8. The van der Waals surface area contributed by atoms with Gasteiger partial charge in [0.1, 0.15) is 0 Å². The molecule has 5 nitrogen and oxygen atoms in total. The molecule has 0 N–H and O–H groups in total. The molecule has 1 fully saturated rings. The van der Waals surface area contributed by atoms with Crippen molar-refractivity contribution in [1.29, 1.82) is 0 Å². The normalized spacial score (nSPS) is 18.9. The second-order valence-corrected chi connectivity index (χ2v) is 5.50. The maximum absolute atomic E-state index is 11.5. The van der Waals surface area contributed by atoms with Crippen LogP contribution in [0, 0.1) is 6.92 Å². The summed E-state index contributed by atoms with van der Waals surface area (Å²) in [6, 6.07) is 4.10. The first-order chi connectivity index (χ1) is 10.2. The van der Waals surface area contributed by atoms with Gasteiger partial charge in [-0.3, -0.25) is 4.79 Å². The summed E-state index contributed by atoms with van der Waals surface area (Å²) in [5.41, 5.74) is 3.08. The fourth-order valence-electron chi connectivity index (χ4n) is 2.81. The fraction of sp³-hybridized carbons (Fsp3) is 0.500. The van der Waals surface area contributed by atoms with Crippen LogP contribution in [0.2, 0.25) is 0 Å². The first kappa shape index (κ1) is 14.1. The van der Waals surface area contributed by atoms with Crippen LogP contribution in [-0.4, -0.2) is 29.5 Å². The second kappa shape index (κ2) is 5.85. The van der Waals surface area contributed by atoms with Crippen molar-refractivity contribution in [3.63, 3.8) is 0 Å². The summed E-state index contributed by atoms with van der Waals surface area (Å²) < 4.78 is 12.5. The molecule has 1 aliphatic heterocycles. The number of esters is 1. The highest BCUT2D eigenvalue weighted by Gasteiger charge is 2.19. The van der Waals surface area contributed by atoms with Gasteiger partial charge in [-0.2, -0.15) is 5.10 Å². The molecule has 0 radical (unpaired) electrons. The Bertz CT molecular complexity index is 657. The van der Waals surface area contributed by atoms with Gasteiger partial charge in [-0.15, -0.1) is 0 Å². The molecule has 1 atom stereocenters. The fourth-order valence-corrected chi connectivity index (χ4v) is 2.81. The summed E-state index contributed by atoms with van der Waals surface area (Å²) in [5.74, 6) is -0.225. The summed E-state index contributed by atoms with van der Waals surface area (Å²) in [7, 11) is 1.41. The van der Waals surface area contributed by atoms with Gasteiger partial charge in [0.25, 0.3) is 0 Å². The van der Waals surface area contributed by atoms with E-state index in [2.05, 4.69) is 11.2 Å². The van der Waals surface area contributed by atoms with E-state index >= 15 is 0 Å². The highest BCUT2D eigenvalue weighted by Crippen LogP contribution is 2.28. The number of fused-ring (bicyclic) bond motifs is 1. The second-order valence-electron chi connectivity index (χ2n) is 5.50. The van der Waals surface area contributed by atoms with Gasteiger partial charge in [-0.1, -0.05) is 0 Å². The van der Waals surface area contributed by atoms with Gasteiger partial charge in [-0.05, 0) is 49.4 Å². The zero-order valence-electron chi connectivity index (χ0n) is 12.5. The molecule has 1 aliphatic rings. The number of rotatable bonds is 3. The Morgan fingerprint density at radius 2 is 2.33 bits per heavy atom. The van der Waals surface area contributed by atoms with Crippen LogP contribution in [0.4, 0.5) is 0 Å². The van der Waals surface area contributed by atoms with Gasteiger partial charge >= 0.3 is 5.97 Å². The maximum atomic E-state index is 11.5. The molecule has 1 unspecified atom stereocenters. The van der Waals surface area contributed by atoms with E-state index in [1.54, 1.807) is 0 Å². The lowest BCUT2D eigenvalue weighted by molar-refractivity contribution is -0.139. The lowest BCUT2D eigenvalue weighted by atomic mass is 10.0. The molecule has 5 heteroatoms. The highest BCUT2D eigenvalue weighted by atomic mass is 16.5. The van der Waals surface area contributed by atoms with Gasteiger partial charge in [0.05, 0.1) is 25.2 Å². The number of carbonyl (C=O) groups excluding carboxylic acids is 1. The molecular formula is C16H20N2O3. The number of carbonyl (C=O) groups is 1. The van der Waals surface area contributed by atoms with E-state index in [1.807, 2.05) is 23.9 Å². The van der Waals surface area contributed by atoms with Gasteiger partial charge in [0, 0.05) is 12.0 Å². The smallest absolute Gasteiger partial charge is 0.309 e. The Morgan fingerprint density at radius 1 is 1.48 bits per heavy atom. The van der Waals surface area contributed by atoms with Gasteiger partial charge < -0.3 is 9.47 Å². The van der Waals surface area contributed by atoms with Gasteiger partial charge in [0.2, 0.25) is 0 Å². The number of aromatic nitrogens is 2. The molecule has 1 aromatic heterocycles. The van der Waals surface area contributed by atoms with Gasteiger partial charge in [0.15, 0.2) is 6.23 Å². The summed E-state index contributed by atoms with van der Waals surface area (Å²) in [6.07, 6.45) is 5.41. The van der Waals surface area contributed by atoms with Crippen molar-refractivity contribution in [3.8, 4) is 0 Å². The van der Waals surface area contributed by atoms with E-state index in [1.165, 1.54) is 7.11 Å². The molecule has 0 amide bonds. The summed E-state index contributed by atoms with van der Waals surface area (Å²) in [6.45, 7) is 2.79. The Kier molecular flexibility index (Phi) is 3.92. The summed E-state index contributed by atoms with van der Waals surface area (Å²) >= 11 is 0. The molecule has 21 heavy (non-hydrogen) atoms. The van der Waals surface area contributed by atoms with E-state index in [9.17, 15) is 4.79 Å². The molecule has 2 heterocycles. The predicted molar refractivity (Wildman–Crippen MR) is 79.0 cm³/mol. The van der Waals surface area contributed by atoms with E-state index in [-0.39, 0.29) is 18.6 Å². The average molecular weight is 288 g/mol. The Morgan fingerprint density at radius 3 is 3.05 bits per heavy atom. The molecule has 0 bridgehead atoms. The molecular weight excluding hydrogens is 268 g/mol. The topological polar surface area (TPSA) is 53.3 Å². The molecule has 3 rings (SSSR count). The number of nitrogens with zero attached hydrogens (tertiary/aromatic N) is 2. The molecule has 112 valence electrons. The molecule has 1 aromatic carbocycles. The number of hydrogen-bond donors (Lipinski definition) is 0. The molecule has 0 aliphatic carbocycles. The molecule has 1 saturated heterocycles. The van der Waals surface area contributed by atoms with Crippen molar-refractivity contribution in [2.45, 2.75) is 38.8 Å². The van der Waals surface area contributed by atoms with Crippen LogP contribution < -0.4 is 0 Å². The lowest BCUT2D eigenvalue weighted by Gasteiger charge is -2.23. The number of hydrogen-bond acceptors (Lipinski definition) is 4. The van der Waals surface area contributed by atoms with Crippen molar-refractivity contribution in [3.05, 3.63) is 29.5 Å². The third-order valence-corrected chi connectivity index (χ3v) is 4.04. The predicted octanol–water partition coefficient (Wildman–Crippen LogP) is 2.76. The first-order valence-corrected chi connectivity index (χ1v) is 7.34. The summed E-state index contributed by atoms with van der Waals surface area (Å²) in [5, 5.41) is 5.55. The van der Waals surface area contributed by atoms with E-state index < -0.39 is 0 Å². The first-order valence-electron chi connectivity index (χ1n) is 7.34. The highest BCUT2D eigenvalue weighted by molar-refractivity contribution is 5.82. The number of methoxy groups -OCH3 is 1. The Labute approximate surface area is 123 Å². The monoisotopic (exact) mass is 288 g/mol. The number of aryl methyl sites for hydroxylation is 1. The third-order valence-electron chi connectivity index (χ3n) is 4.04. The van der Waals surface area contributed by atoms with Gasteiger partial charge in [-0.25, -0.2) is 4.68 Å². The minimum Gasteiger partial charge on any atom is -0.469 e. The minimum atomic E-state index is -0.225. The third kappa shape index (κ3) is 2.78. The summed E-state index contributed by atoms with van der Waals surface area (Å²) in [4.78, 5) is 11.5. The van der Waals surface area contributed by atoms with Crippen molar-refractivity contribution < 1.29 is 14.3 Å². The van der Waals surface area contributed by atoms with Crippen LogP contribution in [0.1, 0.15) is 36.6 Å². The van der Waals surface area contributed by atoms with Crippen molar-refractivity contribution in [2.75, 3.05) is 13.7 Å². The average Bonchev–Trinajstić information content (AvgIpc) is 2.91. The van der Waals surface area contributed by atoms with Crippen molar-refractivity contribution >= 4 is 16.9 Å². The SMILES string of the molecule is COC(=O)Cc1cc2c(cnn2C2CCCCO2)cc1C. The quantitative estimate of drug-likeness (QED) is 0.815. The van der Waals surface area contributed by atoms with Crippen LogP contribution in [0.5, 0.6) is 0 Å². The van der Waals surface area contributed by atoms with Crippen LogP contribution in [0.15, 0.2) is 18.3 Å². The Balaban J connectivity index is 1.99. The number of benzene rings is 1. The molecule has 0 spiro atoms. The van der Waals surface area contributed by atoms with E-state index in [0.29, 0.717) is 0 Å². The minimum absolute atomic E-state index is 0.00457. The maximum Gasteiger partial charge on any atom is 0.309 e. The lowest BCUT2D eigenvalue weighted by Crippen LogP contribution is -2.19. The van der Waals surface area contributed by atoms with Crippen LogP contribution in [0.25, 0.3) is 10.9 Å². The standard InChI is InChI=1S/C16H20N2O3/c1-11-7-13-10-17-18(15-5-3-4-6-21-15)14(13)8-12(11)9-16(19)20-2/h7-8,10,15H,3-6,9H2,1-2H3. The van der Waals surface area contributed by atoms with Crippen molar-refractivity contribution in [2.24, 2.45) is 0 Å². The number of ether oxygens (including phenoxy) is 2. The molecule has 0 saturated carbocycles. The molecule has 2 aromatic rings. The van der Waals surface area contributed by atoms with Crippen molar-refractivity contribution in [1.82, 2.24) is 9.78 Å². The van der Waals surface area contributed by atoms with E-state index in [0.717, 1.165) is 47.9 Å². The van der Waals surface area contributed by atoms with E-state index in [4.69, 9.17) is 9.47 Å².